The van der Waals surface area contributed by atoms with E-state index in [0.717, 1.165) is 12.8 Å². The third-order valence-corrected chi connectivity index (χ3v) is 5.36. The minimum Gasteiger partial charge on any atom is -0.324 e. The summed E-state index contributed by atoms with van der Waals surface area (Å²) < 4.78 is 26.7. The summed E-state index contributed by atoms with van der Waals surface area (Å²) >= 11 is 0. The Morgan fingerprint density at radius 3 is 2.32 bits per heavy atom. The van der Waals surface area contributed by atoms with E-state index in [4.69, 9.17) is 5.73 Å². The van der Waals surface area contributed by atoms with Crippen molar-refractivity contribution in [3.05, 3.63) is 24.3 Å². The zero-order valence-corrected chi connectivity index (χ0v) is 13.7. The number of nitrogens with one attached hydrogen (secondary N) is 2. The van der Waals surface area contributed by atoms with E-state index in [2.05, 4.69) is 10.0 Å². The minimum absolute atomic E-state index is 0. The smallest absolute Gasteiger partial charge is 0.244 e. The van der Waals surface area contributed by atoms with Gasteiger partial charge in [0.15, 0.2) is 0 Å². The highest BCUT2D eigenvalue weighted by Crippen LogP contribution is 2.33. The number of halogens is 1. The molecule has 2 aliphatic carbocycles. The summed E-state index contributed by atoms with van der Waals surface area (Å²) in [4.78, 5) is 12.0. The lowest BCUT2D eigenvalue weighted by atomic mass is 10.2. The van der Waals surface area contributed by atoms with Crippen molar-refractivity contribution in [2.24, 2.45) is 11.7 Å². The number of carbonyl (C=O) groups is 1. The quantitative estimate of drug-likeness (QED) is 0.721. The van der Waals surface area contributed by atoms with Crippen LogP contribution in [0.15, 0.2) is 29.2 Å². The Kier molecular flexibility index (Phi) is 4.81. The standard InChI is InChI=1S/C14H19N3O3S.ClH/c15-14(7-8-14)13(18)17-11-3-5-12(6-4-11)21(19,20)16-9-10-1-2-10;/h3-6,10,16H,1-2,7-9,15H2,(H,17,18);1H. The second-order valence-corrected chi connectivity index (χ2v) is 7.70. The number of anilines is 1. The molecule has 0 unspecified atom stereocenters. The number of carbonyl (C=O) groups excluding carboxylic acids is 1. The van der Waals surface area contributed by atoms with Crippen LogP contribution in [0.25, 0.3) is 0 Å². The van der Waals surface area contributed by atoms with Crippen molar-refractivity contribution in [2.75, 3.05) is 11.9 Å². The third kappa shape index (κ3) is 3.98. The minimum atomic E-state index is -3.46. The summed E-state index contributed by atoms with van der Waals surface area (Å²) in [6, 6.07) is 6.13. The molecule has 0 aliphatic heterocycles. The molecule has 22 heavy (non-hydrogen) atoms. The van der Waals surface area contributed by atoms with Crippen LogP contribution < -0.4 is 15.8 Å². The van der Waals surface area contributed by atoms with Crippen LogP contribution in [0.2, 0.25) is 0 Å². The maximum absolute atomic E-state index is 12.0. The first-order chi connectivity index (χ1) is 9.89. The van der Waals surface area contributed by atoms with Crippen LogP contribution in [0.5, 0.6) is 0 Å². The summed E-state index contributed by atoms with van der Waals surface area (Å²) in [5, 5.41) is 2.70. The van der Waals surface area contributed by atoms with Crippen LogP contribution >= 0.6 is 12.4 Å². The molecule has 3 rings (SSSR count). The van der Waals surface area contributed by atoms with Crippen molar-refractivity contribution in [1.82, 2.24) is 4.72 Å². The first-order valence-corrected chi connectivity index (χ1v) is 8.57. The summed E-state index contributed by atoms with van der Waals surface area (Å²) in [6.45, 7) is 0.497. The molecule has 2 aliphatic rings. The van der Waals surface area contributed by atoms with Gasteiger partial charge in [0.2, 0.25) is 15.9 Å². The van der Waals surface area contributed by atoms with Crippen molar-refractivity contribution < 1.29 is 13.2 Å². The van der Waals surface area contributed by atoms with Crippen LogP contribution in [-0.4, -0.2) is 26.4 Å². The van der Waals surface area contributed by atoms with Gasteiger partial charge in [0.1, 0.15) is 0 Å². The van der Waals surface area contributed by atoms with Crippen LogP contribution in [0.3, 0.4) is 0 Å². The van der Waals surface area contributed by atoms with Crippen LogP contribution in [-0.2, 0) is 14.8 Å². The zero-order valence-electron chi connectivity index (χ0n) is 12.0. The number of rotatable bonds is 6. The summed E-state index contributed by atoms with van der Waals surface area (Å²) in [5.41, 5.74) is 5.61. The monoisotopic (exact) mass is 345 g/mol. The molecular weight excluding hydrogens is 326 g/mol. The van der Waals surface area contributed by atoms with Crippen molar-refractivity contribution >= 4 is 34.0 Å². The van der Waals surface area contributed by atoms with Gasteiger partial charge in [0, 0.05) is 12.2 Å². The number of hydrogen-bond donors (Lipinski definition) is 3. The topological polar surface area (TPSA) is 101 Å². The SMILES string of the molecule is Cl.NC1(C(=O)Nc2ccc(S(=O)(=O)NCC3CC3)cc2)CC1. The lowest BCUT2D eigenvalue weighted by molar-refractivity contribution is -0.118. The van der Waals surface area contributed by atoms with Crippen molar-refractivity contribution in [3.8, 4) is 0 Å². The van der Waals surface area contributed by atoms with Gasteiger partial charge in [-0.2, -0.15) is 0 Å². The predicted octanol–water partition coefficient (Wildman–Crippen LogP) is 1.23. The molecule has 0 heterocycles. The van der Waals surface area contributed by atoms with Gasteiger partial charge >= 0.3 is 0 Å². The summed E-state index contributed by atoms with van der Waals surface area (Å²) in [6.07, 6.45) is 3.56. The van der Waals surface area contributed by atoms with E-state index in [-0.39, 0.29) is 23.2 Å². The zero-order chi connectivity index (χ0) is 15.1. The molecule has 0 aromatic heterocycles. The molecule has 1 amide bonds. The molecule has 0 atom stereocenters. The fourth-order valence-corrected chi connectivity index (χ4v) is 3.08. The van der Waals surface area contributed by atoms with Gasteiger partial charge in [-0.15, -0.1) is 12.4 Å². The Bertz CT molecular complexity index is 652. The van der Waals surface area contributed by atoms with Crippen LogP contribution in [0.1, 0.15) is 25.7 Å². The molecule has 1 aromatic carbocycles. The lowest BCUT2D eigenvalue weighted by Crippen LogP contribution is -2.37. The van der Waals surface area contributed by atoms with Gasteiger partial charge in [0.05, 0.1) is 10.4 Å². The van der Waals surface area contributed by atoms with Crippen LogP contribution in [0.4, 0.5) is 5.69 Å². The Morgan fingerprint density at radius 1 is 1.23 bits per heavy atom. The number of amides is 1. The normalized spacial score (nSPS) is 19.1. The van der Waals surface area contributed by atoms with E-state index in [9.17, 15) is 13.2 Å². The van der Waals surface area contributed by atoms with Gasteiger partial charge < -0.3 is 11.1 Å². The average molecular weight is 346 g/mol. The average Bonchev–Trinajstić information content (AvgIpc) is 3.34. The first-order valence-electron chi connectivity index (χ1n) is 7.09. The largest absolute Gasteiger partial charge is 0.324 e. The number of sulfonamides is 1. The molecule has 0 radical (unpaired) electrons. The van der Waals surface area contributed by atoms with Gasteiger partial charge in [0.25, 0.3) is 0 Å². The van der Waals surface area contributed by atoms with Gasteiger partial charge in [-0.1, -0.05) is 0 Å². The molecule has 2 saturated carbocycles. The molecule has 1 aromatic rings. The first kappa shape index (κ1) is 17.2. The molecule has 4 N–H and O–H groups in total. The Hall–Kier alpha value is -1.15. The lowest BCUT2D eigenvalue weighted by Gasteiger charge is -2.11. The third-order valence-electron chi connectivity index (χ3n) is 3.92. The second kappa shape index (κ2) is 6.16. The number of benzene rings is 1. The number of hydrogen-bond acceptors (Lipinski definition) is 4. The molecule has 122 valence electrons. The molecule has 0 saturated heterocycles. The summed E-state index contributed by atoms with van der Waals surface area (Å²) in [7, 11) is -3.46. The molecule has 8 heteroatoms. The fraction of sp³-hybridized carbons (Fsp3) is 0.500. The molecular formula is C14H20ClN3O3S. The Morgan fingerprint density at radius 2 is 1.82 bits per heavy atom. The van der Waals surface area contributed by atoms with Crippen molar-refractivity contribution in [2.45, 2.75) is 36.1 Å². The van der Waals surface area contributed by atoms with E-state index >= 15 is 0 Å². The fourth-order valence-electron chi connectivity index (χ4n) is 1.97. The van der Waals surface area contributed by atoms with E-state index in [1.165, 1.54) is 12.1 Å². The summed E-state index contributed by atoms with van der Waals surface area (Å²) in [5.74, 6) is 0.266. The highest BCUT2D eigenvalue weighted by molar-refractivity contribution is 7.89. The van der Waals surface area contributed by atoms with E-state index in [0.29, 0.717) is 31.0 Å². The maximum Gasteiger partial charge on any atom is 0.244 e. The second-order valence-electron chi connectivity index (χ2n) is 5.93. The highest BCUT2D eigenvalue weighted by atomic mass is 35.5. The highest BCUT2D eigenvalue weighted by Gasteiger charge is 2.45. The Balaban J connectivity index is 0.00000176. The van der Waals surface area contributed by atoms with Crippen molar-refractivity contribution in [1.29, 1.82) is 0 Å². The number of nitrogens with two attached hydrogens (primary N) is 1. The molecule has 0 bridgehead atoms. The van der Waals surface area contributed by atoms with Crippen LogP contribution in [0, 0.1) is 5.92 Å². The van der Waals surface area contributed by atoms with Gasteiger partial charge in [-0.25, -0.2) is 13.1 Å². The van der Waals surface area contributed by atoms with E-state index in [1.54, 1.807) is 12.1 Å². The van der Waals surface area contributed by atoms with Crippen molar-refractivity contribution in [3.63, 3.8) is 0 Å². The predicted molar refractivity (Wildman–Crippen MR) is 86.4 cm³/mol. The molecule has 0 spiro atoms. The van der Waals surface area contributed by atoms with Gasteiger partial charge in [-0.05, 0) is 55.9 Å². The van der Waals surface area contributed by atoms with Gasteiger partial charge in [-0.3, -0.25) is 4.79 Å². The Labute approximate surface area is 136 Å². The maximum atomic E-state index is 12.0. The van der Waals surface area contributed by atoms with E-state index in [1.807, 2.05) is 0 Å². The van der Waals surface area contributed by atoms with E-state index < -0.39 is 15.6 Å². The molecule has 6 nitrogen and oxygen atoms in total. The molecule has 2 fully saturated rings.